The maximum Gasteiger partial charge on any atom is 0.416 e. The maximum absolute atomic E-state index is 13.3. The number of alkyl halides is 3. The van der Waals surface area contributed by atoms with E-state index in [1.54, 1.807) is 38.5 Å². The summed E-state index contributed by atoms with van der Waals surface area (Å²) in [5, 5.41) is 14.1. The first-order valence-corrected chi connectivity index (χ1v) is 12.4. The van der Waals surface area contributed by atoms with E-state index in [4.69, 9.17) is 23.2 Å². The molecule has 196 valence electrons. The average molecular weight is 544 g/mol. The summed E-state index contributed by atoms with van der Waals surface area (Å²) in [4.78, 5) is 15.2. The molecule has 2 aromatic carbocycles. The molecule has 0 aliphatic carbocycles. The fraction of sp³-hybridized carbons (Fsp3) is 0.462. The Labute approximate surface area is 218 Å². The highest BCUT2D eigenvalue weighted by atomic mass is 35.5. The van der Waals surface area contributed by atoms with Gasteiger partial charge < -0.3 is 15.0 Å². The summed E-state index contributed by atoms with van der Waals surface area (Å²) in [7, 11) is 1.68. The number of carbonyl (C=O) groups excluding carboxylic acids is 1. The van der Waals surface area contributed by atoms with Crippen LogP contribution in [-0.4, -0.2) is 33.2 Å². The van der Waals surface area contributed by atoms with Crippen molar-refractivity contribution in [3.05, 3.63) is 62.4 Å². The second-order valence-electron chi connectivity index (χ2n) is 9.67. The number of fused-ring (bicyclic) bond motifs is 1. The first-order chi connectivity index (χ1) is 16.7. The number of aliphatic hydroxyl groups is 1. The van der Waals surface area contributed by atoms with Crippen molar-refractivity contribution in [3.8, 4) is 0 Å². The van der Waals surface area contributed by atoms with Crippen LogP contribution in [0.5, 0.6) is 0 Å². The molecule has 36 heavy (non-hydrogen) atoms. The molecule has 2 N–H and O–H groups in total. The Balaban J connectivity index is 1.90. The molecule has 1 atom stereocenters. The third-order valence-electron chi connectivity index (χ3n) is 6.68. The zero-order valence-corrected chi connectivity index (χ0v) is 22.2. The first-order valence-electron chi connectivity index (χ1n) is 11.6. The number of halogens is 5. The van der Waals surface area contributed by atoms with Gasteiger partial charge in [0.25, 0.3) is 0 Å². The van der Waals surface area contributed by atoms with Crippen LogP contribution in [0.2, 0.25) is 10.0 Å². The smallest absolute Gasteiger partial charge is 0.390 e. The molecule has 0 aliphatic rings. The lowest BCUT2D eigenvalue weighted by Crippen LogP contribution is -2.33. The minimum absolute atomic E-state index is 0.0780. The van der Waals surface area contributed by atoms with Gasteiger partial charge in [0.1, 0.15) is 5.82 Å². The number of carbonyl (C=O) groups is 1. The number of benzene rings is 2. The summed E-state index contributed by atoms with van der Waals surface area (Å²) in [6.45, 7) is 5.55. The molecule has 0 aliphatic heterocycles. The highest BCUT2D eigenvalue weighted by molar-refractivity contribution is 6.36. The zero-order valence-electron chi connectivity index (χ0n) is 20.6. The topological polar surface area (TPSA) is 67.2 Å². The third-order valence-corrected chi connectivity index (χ3v) is 7.50. The number of nitrogens with one attached hydrogen (secondary N) is 1. The van der Waals surface area contributed by atoms with Crippen molar-refractivity contribution in [1.29, 1.82) is 0 Å². The molecule has 0 radical (unpaired) electrons. The zero-order chi connectivity index (χ0) is 26.8. The van der Waals surface area contributed by atoms with Crippen LogP contribution in [0.25, 0.3) is 11.0 Å². The molecule has 10 heteroatoms. The van der Waals surface area contributed by atoms with Gasteiger partial charge >= 0.3 is 6.18 Å². The molecule has 5 nitrogen and oxygen atoms in total. The highest BCUT2D eigenvalue weighted by Crippen LogP contribution is 2.36. The molecule has 3 rings (SSSR count). The molecule has 1 unspecified atom stereocenters. The van der Waals surface area contributed by atoms with Gasteiger partial charge in [0, 0.05) is 30.1 Å². The Morgan fingerprint density at radius 2 is 1.89 bits per heavy atom. The van der Waals surface area contributed by atoms with Crippen LogP contribution in [0.4, 0.5) is 13.2 Å². The standard InChI is InChI=1S/C26H30Cl2F3N3O2/c1-15-11-18(26(29,30)31)12-21-24(15)33-22(34(21)4)13-19-20(27)8-6-16(23(19)28)5-7-17(25(2,3)36)9-10-32-14-35/h6,8,11-12,14,17,36H,5,7,9-10,13H2,1-4H3,(H,32,35). The van der Waals surface area contributed by atoms with E-state index in [-0.39, 0.29) is 12.3 Å². The summed E-state index contributed by atoms with van der Waals surface area (Å²) < 4.78 is 41.6. The van der Waals surface area contributed by atoms with Crippen LogP contribution >= 0.6 is 23.2 Å². The fourth-order valence-corrected chi connectivity index (χ4v) is 5.08. The lowest BCUT2D eigenvalue weighted by Gasteiger charge is -2.29. The molecule has 0 fully saturated rings. The molecular formula is C26H30Cl2F3N3O2. The number of aryl methyl sites for hydroxylation is 3. The molecule has 0 spiro atoms. The molecule has 0 saturated carbocycles. The Hall–Kier alpha value is -2.29. The monoisotopic (exact) mass is 543 g/mol. The van der Waals surface area contributed by atoms with Gasteiger partial charge in [-0.05, 0) is 80.8 Å². The van der Waals surface area contributed by atoms with E-state index in [0.717, 1.165) is 17.7 Å². The minimum Gasteiger partial charge on any atom is -0.390 e. The van der Waals surface area contributed by atoms with Gasteiger partial charge in [0.05, 0.1) is 22.2 Å². The number of amides is 1. The van der Waals surface area contributed by atoms with Crippen molar-refractivity contribution in [1.82, 2.24) is 14.9 Å². The number of imidazole rings is 1. The van der Waals surface area contributed by atoms with Crippen molar-refractivity contribution in [2.45, 2.75) is 58.2 Å². The molecule has 0 bridgehead atoms. The third kappa shape index (κ3) is 6.33. The van der Waals surface area contributed by atoms with Gasteiger partial charge in [-0.3, -0.25) is 4.79 Å². The molecule has 0 saturated heterocycles. The van der Waals surface area contributed by atoms with E-state index in [1.165, 1.54) is 0 Å². The van der Waals surface area contributed by atoms with E-state index in [0.29, 0.717) is 70.2 Å². The first kappa shape index (κ1) is 28.3. The Bertz CT molecular complexity index is 1250. The van der Waals surface area contributed by atoms with Gasteiger partial charge in [0.15, 0.2) is 0 Å². The SMILES string of the molecule is Cc1cc(C(F)(F)F)cc2c1nc(Cc1c(Cl)ccc(CCC(CCNC=O)C(C)(C)O)c1Cl)n2C. The van der Waals surface area contributed by atoms with Gasteiger partial charge in [0.2, 0.25) is 6.41 Å². The summed E-state index contributed by atoms with van der Waals surface area (Å²) in [6, 6.07) is 5.80. The van der Waals surface area contributed by atoms with Gasteiger partial charge in [-0.2, -0.15) is 13.2 Å². The van der Waals surface area contributed by atoms with Gasteiger partial charge in [-0.25, -0.2) is 4.98 Å². The van der Waals surface area contributed by atoms with Gasteiger partial charge in [-0.15, -0.1) is 0 Å². The minimum atomic E-state index is -4.45. The van der Waals surface area contributed by atoms with Crippen LogP contribution in [0.1, 0.15) is 54.8 Å². The lowest BCUT2D eigenvalue weighted by molar-refractivity contribution is -0.137. The largest absolute Gasteiger partial charge is 0.416 e. The highest BCUT2D eigenvalue weighted by Gasteiger charge is 2.32. The Morgan fingerprint density at radius 3 is 2.50 bits per heavy atom. The van der Waals surface area contributed by atoms with E-state index in [2.05, 4.69) is 10.3 Å². The Kier molecular flexibility index (Phi) is 8.63. The molecular weight excluding hydrogens is 514 g/mol. The van der Waals surface area contributed by atoms with E-state index >= 15 is 0 Å². The number of rotatable bonds is 10. The number of aromatic nitrogens is 2. The quantitative estimate of drug-likeness (QED) is 0.234. The van der Waals surface area contributed by atoms with E-state index in [9.17, 15) is 23.1 Å². The van der Waals surface area contributed by atoms with Crippen LogP contribution in [0.15, 0.2) is 24.3 Å². The summed E-state index contributed by atoms with van der Waals surface area (Å²) >= 11 is 13.3. The van der Waals surface area contributed by atoms with Crippen LogP contribution < -0.4 is 5.32 Å². The van der Waals surface area contributed by atoms with Crippen molar-refractivity contribution >= 4 is 40.6 Å². The number of nitrogens with zero attached hydrogens (tertiary/aromatic N) is 2. The average Bonchev–Trinajstić information content (AvgIpc) is 3.09. The summed E-state index contributed by atoms with van der Waals surface area (Å²) in [5.41, 5.74) is 1.16. The number of hydrogen-bond acceptors (Lipinski definition) is 3. The van der Waals surface area contributed by atoms with Crippen molar-refractivity contribution in [2.75, 3.05) is 6.54 Å². The van der Waals surface area contributed by atoms with E-state index < -0.39 is 17.3 Å². The van der Waals surface area contributed by atoms with E-state index in [1.807, 2.05) is 6.07 Å². The van der Waals surface area contributed by atoms with Crippen molar-refractivity contribution in [2.24, 2.45) is 13.0 Å². The maximum atomic E-state index is 13.3. The second kappa shape index (κ2) is 11.0. The molecule has 1 heterocycles. The number of hydrogen-bond donors (Lipinski definition) is 2. The lowest BCUT2D eigenvalue weighted by atomic mass is 9.83. The molecule has 1 amide bonds. The van der Waals surface area contributed by atoms with Crippen LogP contribution in [-0.2, 0) is 30.9 Å². The fourth-order valence-electron chi connectivity index (χ4n) is 4.48. The molecule has 3 aromatic rings. The summed E-state index contributed by atoms with van der Waals surface area (Å²) in [5.74, 6) is 0.466. The molecule has 1 aromatic heterocycles. The predicted octanol–water partition coefficient (Wildman–Crippen LogP) is 6.25. The second-order valence-corrected chi connectivity index (χ2v) is 10.5. The van der Waals surface area contributed by atoms with Crippen LogP contribution in [0.3, 0.4) is 0 Å². The Morgan fingerprint density at radius 1 is 1.19 bits per heavy atom. The normalized spacial score (nSPS) is 13.3. The van der Waals surface area contributed by atoms with Crippen molar-refractivity contribution in [3.63, 3.8) is 0 Å². The van der Waals surface area contributed by atoms with Crippen molar-refractivity contribution < 1.29 is 23.1 Å². The van der Waals surface area contributed by atoms with Gasteiger partial charge in [-0.1, -0.05) is 29.3 Å². The summed E-state index contributed by atoms with van der Waals surface area (Å²) in [6.07, 6.45) is -1.74. The predicted molar refractivity (Wildman–Crippen MR) is 137 cm³/mol. The van der Waals surface area contributed by atoms with Crippen LogP contribution in [0, 0.1) is 12.8 Å².